The monoisotopic (exact) mass is 177 g/mol. The fraction of sp³-hybridized carbons (Fsp3) is 0.364. The van der Waals surface area contributed by atoms with Gasteiger partial charge in [-0.05, 0) is 12.1 Å². The van der Waals surface area contributed by atoms with Gasteiger partial charge in [0.25, 0.3) is 0 Å². The summed E-state index contributed by atoms with van der Waals surface area (Å²) >= 11 is 0. The van der Waals surface area contributed by atoms with Gasteiger partial charge in [-0.25, -0.2) is 4.74 Å². The van der Waals surface area contributed by atoms with Crippen LogP contribution in [0.3, 0.4) is 0 Å². The van der Waals surface area contributed by atoms with Crippen molar-refractivity contribution in [2.75, 3.05) is 6.54 Å². The van der Waals surface area contributed by atoms with E-state index in [0.29, 0.717) is 6.54 Å². The number of hydrogen-bond acceptors (Lipinski definition) is 1. The van der Waals surface area contributed by atoms with E-state index >= 15 is 0 Å². The van der Waals surface area contributed by atoms with Gasteiger partial charge >= 0.3 is 0 Å². The Bertz CT molecular complexity index is 267. The molecule has 0 aromatic heterocycles. The van der Waals surface area contributed by atoms with E-state index in [1.165, 1.54) is 0 Å². The van der Waals surface area contributed by atoms with Gasteiger partial charge in [-0.2, -0.15) is 0 Å². The van der Waals surface area contributed by atoms with Crippen molar-refractivity contribution >= 4 is 6.21 Å². The van der Waals surface area contributed by atoms with Crippen molar-refractivity contribution in [3.63, 3.8) is 0 Å². The van der Waals surface area contributed by atoms with Crippen molar-refractivity contribution in [2.24, 2.45) is 0 Å². The molecular formula is C11H15NO. The van der Waals surface area contributed by atoms with Crippen LogP contribution < -0.4 is 0 Å². The van der Waals surface area contributed by atoms with Crippen molar-refractivity contribution in [3.8, 4) is 0 Å². The van der Waals surface area contributed by atoms with E-state index in [0.717, 1.165) is 23.1 Å². The normalized spacial score (nSPS) is 11.6. The first-order chi connectivity index (χ1) is 6.33. The molecule has 0 spiro atoms. The number of rotatable bonds is 4. The van der Waals surface area contributed by atoms with Crippen molar-refractivity contribution in [3.05, 3.63) is 41.1 Å². The average Bonchev–Trinajstić information content (AvgIpc) is 2.16. The number of unbranched alkanes of at least 4 members (excludes halogenated alkanes) is 1. The molecule has 0 aliphatic carbocycles. The maximum atomic E-state index is 11.2. The lowest BCUT2D eigenvalue weighted by Gasteiger charge is -2.01. The molecule has 1 aromatic rings. The Kier molecular flexibility index (Phi) is 4.03. The maximum absolute atomic E-state index is 11.2. The van der Waals surface area contributed by atoms with Crippen LogP contribution in [0.4, 0.5) is 0 Å². The molecule has 0 bridgehead atoms. The second-order valence-corrected chi connectivity index (χ2v) is 3.03. The minimum absolute atomic E-state index is 0.589. The highest BCUT2D eigenvalue weighted by Gasteiger charge is 1.93. The molecular weight excluding hydrogens is 162 g/mol. The highest BCUT2D eigenvalue weighted by atomic mass is 16.5. The Hall–Kier alpha value is -1.31. The Balaban J connectivity index is 2.55. The summed E-state index contributed by atoms with van der Waals surface area (Å²) < 4.78 is 0.999. The van der Waals surface area contributed by atoms with Gasteiger partial charge in [0, 0.05) is 12.0 Å². The lowest BCUT2D eigenvalue weighted by atomic mass is 10.2. The molecule has 2 nitrogen and oxygen atoms in total. The van der Waals surface area contributed by atoms with Crippen LogP contribution in [0.2, 0.25) is 0 Å². The van der Waals surface area contributed by atoms with E-state index in [1.54, 1.807) is 6.21 Å². The van der Waals surface area contributed by atoms with E-state index in [9.17, 15) is 5.21 Å². The first kappa shape index (κ1) is 9.78. The smallest absolute Gasteiger partial charge is 0.181 e. The predicted octanol–water partition coefficient (Wildman–Crippen LogP) is 2.42. The van der Waals surface area contributed by atoms with E-state index in [4.69, 9.17) is 0 Å². The predicted molar refractivity (Wildman–Crippen MR) is 55.0 cm³/mol. The van der Waals surface area contributed by atoms with Crippen LogP contribution in [0, 0.1) is 5.21 Å². The van der Waals surface area contributed by atoms with Crippen molar-refractivity contribution < 1.29 is 4.74 Å². The third-order valence-electron chi connectivity index (χ3n) is 1.82. The quantitative estimate of drug-likeness (QED) is 0.300. The first-order valence-electron chi connectivity index (χ1n) is 4.66. The summed E-state index contributed by atoms with van der Waals surface area (Å²) in [5.41, 5.74) is 0.966. The van der Waals surface area contributed by atoms with Gasteiger partial charge in [0.2, 0.25) is 0 Å². The molecule has 0 heterocycles. The summed E-state index contributed by atoms with van der Waals surface area (Å²) in [6, 6.07) is 9.66. The Morgan fingerprint density at radius 2 is 2.00 bits per heavy atom. The second-order valence-electron chi connectivity index (χ2n) is 3.03. The van der Waals surface area contributed by atoms with Crippen LogP contribution in [0.25, 0.3) is 0 Å². The Morgan fingerprint density at radius 3 is 2.62 bits per heavy atom. The summed E-state index contributed by atoms with van der Waals surface area (Å²) in [6.07, 6.45) is 3.64. The van der Waals surface area contributed by atoms with Gasteiger partial charge in [-0.3, -0.25) is 0 Å². The van der Waals surface area contributed by atoms with Crippen molar-refractivity contribution in [1.82, 2.24) is 0 Å². The fourth-order valence-corrected chi connectivity index (χ4v) is 1.08. The minimum Gasteiger partial charge on any atom is -0.624 e. The van der Waals surface area contributed by atoms with Crippen molar-refractivity contribution in [2.45, 2.75) is 19.8 Å². The average molecular weight is 177 g/mol. The zero-order valence-electron chi connectivity index (χ0n) is 7.94. The van der Waals surface area contributed by atoms with Gasteiger partial charge in [-0.1, -0.05) is 31.5 Å². The SMILES string of the molecule is CCCC[N+]([O-])=Cc1ccccc1. The summed E-state index contributed by atoms with van der Waals surface area (Å²) in [7, 11) is 0. The third-order valence-corrected chi connectivity index (χ3v) is 1.82. The molecule has 0 amide bonds. The van der Waals surface area contributed by atoms with Crippen LogP contribution in [-0.4, -0.2) is 17.5 Å². The molecule has 0 saturated carbocycles. The first-order valence-corrected chi connectivity index (χ1v) is 4.66. The Labute approximate surface area is 79.1 Å². The number of benzene rings is 1. The van der Waals surface area contributed by atoms with E-state index in [-0.39, 0.29) is 0 Å². The summed E-state index contributed by atoms with van der Waals surface area (Å²) in [4.78, 5) is 0. The molecule has 0 unspecified atom stereocenters. The molecule has 70 valence electrons. The fourth-order valence-electron chi connectivity index (χ4n) is 1.08. The topological polar surface area (TPSA) is 26.1 Å². The van der Waals surface area contributed by atoms with Crippen LogP contribution in [0.15, 0.2) is 30.3 Å². The maximum Gasteiger partial charge on any atom is 0.181 e. The largest absolute Gasteiger partial charge is 0.624 e. The van der Waals surface area contributed by atoms with Gasteiger partial charge in [-0.15, -0.1) is 0 Å². The third kappa shape index (κ3) is 3.74. The van der Waals surface area contributed by atoms with Crippen LogP contribution in [-0.2, 0) is 0 Å². The van der Waals surface area contributed by atoms with Gasteiger partial charge < -0.3 is 5.21 Å². The van der Waals surface area contributed by atoms with Crippen LogP contribution >= 0.6 is 0 Å². The molecule has 0 fully saturated rings. The number of nitrogens with zero attached hydrogens (tertiary/aromatic N) is 1. The Morgan fingerprint density at radius 1 is 1.31 bits per heavy atom. The van der Waals surface area contributed by atoms with E-state index in [1.807, 2.05) is 30.3 Å². The standard InChI is InChI=1S/C11H15NO/c1-2-3-9-12(13)10-11-7-5-4-6-8-11/h4-8,10H,2-3,9H2,1H3. The van der Waals surface area contributed by atoms with Gasteiger partial charge in [0.1, 0.15) is 0 Å². The number of hydroxylamine groups is 1. The van der Waals surface area contributed by atoms with Crippen LogP contribution in [0.1, 0.15) is 25.3 Å². The zero-order valence-corrected chi connectivity index (χ0v) is 7.94. The molecule has 13 heavy (non-hydrogen) atoms. The second kappa shape index (κ2) is 5.36. The highest BCUT2D eigenvalue weighted by Crippen LogP contribution is 1.94. The van der Waals surface area contributed by atoms with Gasteiger partial charge in [0.05, 0.1) is 0 Å². The molecule has 0 aliphatic heterocycles. The van der Waals surface area contributed by atoms with E-state index < -0.39 is 0 Å². The molecule has 0 N–H and O–H groups in total. The highest BCUT2D eigenvalue weighted by molar-refractivity contribution is 5.75. The number of hydrogen-bond donors (Lipinski definition) is 0. The van der Waals surface area contributed by atoms with Gasteiger partial charge in [0.15, 0.2) is 12.8 Å². The molecule has 0 radical (unpaired) electrons. The summed E-state index contributed by atoms with van der Waals surface area (Å²) in [5.74, 6) is 0. The lowest BCUT2D eigenvalue weighted by molar-refractivity contribution is -0.452. The summed E-state index contributed by atoms with van der Waals surface area (Å²) in [6.45, 7) is 2.67. The zero-order chi connectivity index (χ0) is 9.52. The van der Waals surface area contributed by atoms with Crippen LogP contribution in [0.5, 0.6) is 0 Å². The molecule has 2 heteroatoms. The molecule has 0 atom stereocenters. The summed E-state index contributed by atoms with van der Waals surface area (Å²) in [5, 5.41) is 11.2. The lowest BCUT2D eigenvalue weighted by Crippen LogP contribution is -2.06. The molecule has 1 aromatic carbocycles. The molecule has 1 rings (SSSR count). The molecule has 0 saturated heterocycles. The minimum atomic E-state index is 0.589. The van der Waals surface area contributed by atoms with Crippen molar-refractivity contribution in [1.29, 1.82) is 0 Å². The molecule has 0 aliphatic rings. The van der Waals surface area contributed by atoms with E-state index in [2.05, 4.69) is 6.92 Å².